The molecule has 0 aliphatic carbocycles. The summed E-state index contributed by atoms with van der Waals surface area (Å²) >= 11 is 0. The number of aromatic nitrogens is 1. The fourth-order valence-corrected chi connectivity index (χ4v) is 4.74. The summed E-state index contributed by atoms with van der Waals surface area (Å²) in [5.41, 5.74) is 4.90. The molecule has 2 heterocycles. The first-order valence-electron chi connectivity index (χ1n) is 10.8. The van der Waals surface area contributed by atoms with Crippen LogP contribution in [0.15, 0.2) is 42.6 Å². The van der Waals surface area contributed by atoms with Gasteiger partial charge in [-0.2, -0.15) is 0 Å². The Hall–Kier alpha value is -2.83. The number of carboxylic acids is 1. The summed E-state index contributed by atoms with van der Waals surface area (Å²) in [4.78, 5) is 17.1. The lowest BCUT2D eigenvalue weighted by molar-refractivity contribution is -0.0138. The van der Waals surface area contributed by atoms with Crippen LogP contribution in [-0.2, 0) is 11.3 Å². The van der Waals surface area contributed by atoms with E-state index in [-0.39, 0.29) is 12.1 Å². The van der Waals surface area contributed by atoms with E-state index >= 15 is 0 Å². The Morgan fingerprint density at radius 1 is 1.26 bits per heavy atom. The van der Waals surface area contributed by atoms with Crippen LogP contribution in [0.4, 0.5) is 0 Å². The number of hydrogen-bond donors (Lipinski definition) is 2. The van der Waals surface area contributed by atoms with Gasteiger partial charge in [0.15, 0.2) is 0 Å². The number of benzene rings is 2. The Labute approximate surface area is 182 Å². The molecule has 1 aliphatic heterocycles. The highest BCUT2D eigenvalue weighted by Crippen LogP contribution is 2.37. The van der Waals surface area contributed by atoms with Gasteiger partial charge >= 0.3 is 5.97 Å². The first-order valence-corrected chi connectivity index (χ1v) is 10.8. The number of H-pyrrole nitrogens is 1. The summed E-state index contributed by atoms with van der Waals surface area (Å²) in [5, 5.41) is 10.4. The molecule has 4 rings (SSSR count). The molecule has 1 saturated heterocycles. The summed E-state index contributed by atoms with van der Waals surface area (Å²) in [5.74, 6) is -0.00464. The van der Waals surface area contributed by atoms with Gasteiger partial charge in [-0.3, -0.25) is 4.90 Å². The fourth-order valence-electron chi connectivity index (χ4n) is 4.74. The van der Waals surface area contributed by atoms with Gasteiger partial charge in [0.25, 0.3) is 0 Å². The second kappa shape index (κ2) is 9.12. The highest BCUT2D eigenvalue weighted by Gasteiger charge is 2.31. The van der Waals surface area contributed by atoms with Crippen molar-refractivity contribution in [3.8, 4) is 5.75 Å². The number of likely N-dealkylation sites (tertiary alicyclic amines) is 1. The van der Waals surface area contributed by atoms with Crippen molar-refractivity contribution in [2.45, 2.75) is 45.4 Å². The van der Waals surface area contributed by atoms with Crippen molar-refractivity contribution in [2.75, 3.05) is 20.3 Å². The highest BCUT2D eigenvalue weighted by molar-refractivity contribution is 5.88. The molecule has 6 nitrogen and oxygen atoms in total. The normalized spacial score (nSPS) is 19.6. The molecule has 0 spiro atoms. The fraction of sp³-hybridized carbons (Fsp3) is 0.400. The zero-order valence-corrected chi connectivity index (χ0v) is 18.4. The van der Waals surface area contributed by atoms with Crippen LogP contribution in [0.2, 0.25) is 0 Å². The topological polar surface area (TPSA) is 74.8 Å². The zero-order valence-electron chi connectivity index (χ0n) is 18.4. The number of nitrogens with one attached hydrogen (secondary N) is 1. The molecule has 0 radical (unpaired) electrons. The van der Waals surface area contributed by atoms with Crippen LogP contribution in [0.25, 0.3) is 10.9 Å². The summed E-state index contributed by atoms with van der Waals surface area (Å²) in [6.07, 6.45) is 4.04. The Morgan fingerprint density at radius 3 is 2.71 bits per heavy atom. The van der Waals surface area contributed by atoms with Gasteiger partial charge in [-0.1, -0.05) is 12.1 Å². The van der Waals surface area contributed by atoms with Gasteiger partial charge in [0.05, 0.1) is 18.8 Å². The number of aromatic carboxylic acids is 1. The van der Waals surface area contributed by atoms with E-state index in [0.29, 0.717) is 12.2 Å². The van der Waals surface area contributed by atoms with E-state index in [1.807, 2.05) is 25.3 Å². The lowest BCUT2D eigenvalue weighted by Crippen LogP contribution is -2.39. The van der Waals surface area contributed by atoms with E-state index < -0.39 is 5.97 Å². The standard InChI is InChI=1S/C25H30N2O4/c1-4-31-19-10-12-27(22(14-19)17-5-7-18(8-6-17)25(28)29)15-21-20-9-11-26-24(20)16(2)13-23(21)30-3/h5-9,11,13,19,22,26H,4,10,12,14-15H2,1-3H3,(H,28,29). The van der Waals surface area contributed by atoms with Crippen molar-refractivity contribution >= 4 is 16.9 Å². The number of aryl methyl sites for hydroxylation is 1. The molecule has 31 heavy (non-hydrogen) atoms. The van der Waals surface area contributed by atoms with Crippen molar-refractivity contribution in [3.05, 3.63) is 64.8 Å². The summed E-state index contributed by atoms with van der Waals surface area (Å²) < 4.78 is 11.7. The van der Waals surface area contributed by atoms with Crippen LogP contribution in [0, 0.1) is 6.92 Å². The lowest BCUT2D eigenvalue weighted by Gasteiger charge is -2.40. The number of methoxy groups -OCH3 is 1. The number of aromatic amines is 1. The van der Waals surface area contributed by atoms with Gasteiger partial charge < -0.3 is 19.6 Å². The molecule has 0 saturated carbocycles. The third-order valence-corrected chi connectivity index (χ3v) is 6.30. The molecule has 1 aliphatic rings. The van der Waals surface area contributed by atoms with Crippen LogP contribution in [0.5, 0.6) is 5.75 Å². The van der Waals surface area contributed by atoms with Gasteiger partial charge in [-0.05, 0) is 62.1 Å². The Morgan fingerprint density at radius 2 is 2.03 bits per heavy atom. The quantitative estimate of drug-likeness (QED) is 0.565. The minimum atomic E-state index is -0.904. The van der Waals surface area contributed by atoms with Gasteiger partial charge in [0.1, 0.15) is 5.75 Å². The molecular formula is C25H30N2O4. The van der Waals surface area contributed by atoms with Crippen LogP contribution in [0.3, 0.4) is 0 Å². The largest absolute Gasteiger partial charge is 0.496 e. The van der Waals surface area contributed by atoms with Crippen molar-refractivity contribution < 1.29 is 19.4 Å². The van der Waals surface area contributed by atoms with Crippen molar-refractivity contribution in [2.24, 2.45) is 0 Å². The average Bonchev–Trinajstić information content (AvgIpc) is 3.27. The van der Waals surface area contributed by atoms with Gasteiger partial charge in [0, 0.05) is 48.4 Å². The zero-order chi connectivity index (χ0) is 22.0. The molecule has 6 heteroatoms. The average molecular weight is 423 g/mol. The van der Waals surface area contributed by atoms with E-state index in [4.69, 9.17) is 9.47 Å². The van der Waals surface area contributed by atoms with E-state index in [0.717, 1.165) is 48.3 Å². The number of nitrogens with zero attached hydrogens (tertiary/aromatic N) is 1. The van der Waals surface area contributed by atoms with Crippen LogP contribution in [-0.4, -0.2) is 47.3 Å². The summed E-state index contributed by atoms with van der Waals surface area (Å²) in [7, 11) is 1.72. The first-order chi connectivity index (χ1) is 15.0. The SMILES string of the molecule is CCOC1CCN(Cc2c(OC)cc(C)c3[nH]ccc23)C(c2ccc(C(=O)O)cc2)C1. The molecule has 164 valence electrons. The predicted molar refractivity (Wildman–Crippen MR) is 121 cm³/mol. The minimum Gasteiger partial charge on any atom is -0.496 e. The Balaban J connectivity index is 1.69. The van der Waals surface area contributed by atoms with E-state index in [2.05, 4.69) is 28.9 Å². The van der Waals surface area contributed by atoms with Gasteiger partial charge in [-0.25, -0.2) is 4.79 Å². The van der Waals surface area contributed by atoms with E-state index in [9.17, 15) is 9.90 Å². The maximum atomic E-state index is 11.3. The van der Waals surface area contributed by atoms with Crippen molar-refractivity contribution in [1.29, 1.82) is 0 Å². The minimum absolute atomic E-state index is 0.146. The molecule has 2 N–H and O–H groups in total. The van der Waals surface area contributed by atoms with Crippen LogP contribution < -0.4 is 4.74 Å². The third kappa shape index (κ3) is 4.31. The molecule has 1 fully saturated rings. The van der Waals surface area contributed by atoms with Crippen LogP contribution in [0.1, 0.15) is 52.9 Å². The maximum absolute atomic E-state index is 11.3. The third-order valence-electron chi connectivity index (χ3n) is 6.30. The number of hydrogen-bond acceptors (Lipinski definition) is 4. The Bertz CT molecular complexity index is 1060. The Kier molecular flexibility index (Phi) is 6.30. The van der Waals surface area contributed by atoms with E-state index in [1.165, 1.54) is 10.9 Å². The number of carbonyl (C=O) groups is 1. The number of rotatable bonds is 7. The predicted octanol–water partition coefficient (Wildman–Crippen LogP) is 4.93. The van der Waals surface area contributed by atoms with Gasteiger partial charge in [0.2, 0.25) is 0 Å². The number of fused-ring (bicyclic) bond motifs is 1. The number of piperidine rings is 1. The number of carboxylic acid groups (broad SMARTS) is 1. The molecule has 2 aromatic carbocycles. The summed E-state index contributed by atoms with van der Waals surface area (Å²) in [6, 6.07) is 11.6. The molecule has 2 atom stereocenters. The molecule has 3 aromatic rings. The smallest absolute Gasteiger partial charge is 0.335 e. The summed E-state index contributed by atoms with van der Waals surface area (Å²) in [6.45, 7) is 6.47. The second-order valence-corrected chi connectivity index (χ2v) is 8.16. The maximum Gasteiger partial charge on any atom is 0.335 e. The first kappa shape index (κ1) is 21.4. The number of ether oxygens (including phenoxy) is 2. The molecule has 1 aromatic heterocycles. The lowest BCUT2D eigenvalue weighted by atomic mass is 9.91. The van der Waals surface area contributed by atoms with Gasteiger partial charge in [-0.15, -0.1) is 0 Å². The molecular weight excluding hydrogens is 392 g/mol. The highest BCUT2D eigenvalue weighted by atomic mass is 16.5. The van der Waals surface area contributed by atoms with Crippen molar-refractivity contribution in [3.63, 3.8) is 0 Å². The molecule has 0 amide bonds. The molecule has 2 unspecified atom stereocenters. The van der Waals surface area contributed by atoms with Crippen LogP contribution >= 0.6 is 0 Å². The van der Waals surface area contributed by atoms with Crippen molar-refractivity contribution in [1.82, 2.24) is 9.88 Å². The molecule has 0 bridgehead atoms. The monoisotopic (exact) mass is 422 g/mol. The van der Waals surface area contributed by atoms with E-state index in [1.54, 1.807) is 19.2 Å². The second-order valence-electron chi connectivity index (χ2n) is 8.16.